The van der Waals surface area contributed by atoms with E-state index in [1.54, 1.807) is 18.3 Å². The highest BCUT2D eigenvalue weighted by atomic mass is 19.1. The summed E-state index contributed by atoms with van der Waals surface area (Å²) in [5, 5.41) is 1.06. The Hall–Kier alpha value is -2.62. The maximum Gasteiger partial charge on any atom is 0.123 e. The van der Waals surface area contributed by atoms with Gasteiger partial charge >= 0.3 is 0 Å². The predicted molar refractivity (Wildman–Crippen MR) is 83.8 cm³/mol. The smallest absolute Gasteiger partial charge is 0.123 e. The van der Waals surface area contributed by atoms with Crippen LogP contribution in [0.25, 0.3) is 10.9 Å². The molecule has 0 radical (unpaired) electrons. The van der Waals surface area contributed by atoms with Crippen LogP contribution in [0.5, 0.6) is 11.5 Å². The van der Waals surface area contributed by atoms with Gasteiger partial charge in [0.25, 0.3) is 0 Å². The molecular weight excluding hydrogens is 281 g/mol. The molecule has 3 aromatic rings. The Bertz CT molecular complexity index is 743. The van der Waals surface area contributed by atoms with E-state index in [4.69, 9.17) is 9.47 Å². The number of nitrogens with zero attached hydrogens (tertiary/aromatic N) is 1. The van der Waals surface area contributed by atoms with Crippen LogP contribution in [0.2, 0.25) is 0 Å². The van der Waals surface area contributed by atoms with E-state index in [1.807, 2.05) is 30.3 Å². The first-order valence-electron chi connectivity index (χ1n) is 7.17. The van der Waals surface area contributed by atoms with Crippen molar-refractivity contribution >= 4 is 10.9 Å². The lowest BCUT2D eigenvalue weighted by molar-refractivity contribution is 0.247. The lowest BCUT2D eigenvalue weighted by Gasteiger charge is -2.08. The quantitative estimate of drug-likeness (QED) is 0.638. The summed E-state index contributed by atoms with van der Waals surface area (Å²) in [4.78, 5) is 4.27. The molecule has 0 aliphatic rings. The van der Waals surface area contributed by atoms with Crippen LogP contribution >= 0.6 is 0 Å². The summed E-state index contributed by atoms with van der Waals surface area (Å²) >= 11 is 0. The van der Waals surface area contributed by atoms with Crippen molar-refractivity contribution in [1.82, 2.24) is 4.98 Å². The van der Waals surface area contributed by atoms with E-state index in [-0.39, 0.29) is 5.82 Å². The molecule has 0 fully saturated rings. The van der Waals surface area contributed by atoms with Crippen molar-refractivity contribution in [3.05, 3.63) is 66.6 Å². The molecule has 0 unspecified atom stereocenters. The molecule has 3 nitrogen and oxygen atoms in total. The fourth-order valence-electron chi connectivity index (χ4n) is 2.11. The zero-order valence-electron chi connectivity index (χ0n) is 12.0. The molecule has 0 spiro atoms. The molecule has 22 heavy (non-hydrogen) atoms. The Labute approximate surface area is 128 Å². The fraction of sp³-hybridized carbons (Fsp3) is 0.167. The Morgan fingerprint density at radius 1 is 0.864 bits per heavy atom. The second-order valence-electron chi connectivity index (χ2n) is 4.86. The lowest BCUT2D eigenvalue weighted by Crippen LogP contribution is -2.05. The summed E-state index contributed by atoms with van der Waals surface area (Å²) in [5.74, 6) is 1.22. The molecule has 4 heteroatoms. The van der Waals surface area contributed by atoms with Crippen molar-refractivity contribution in [3.63, 3.8) is 0 Å². The highest BCUT2D eigenvalue weighted by Crippen LogP contribution is 2.19. The second-order valence-corrected chi connectivity index (χ2v) is 4.86. The number of aromatic nitrogens is 1. The Morgan fingerprint density at radius 3 is 2.41 bits per heavy atom. The predicted octanol–water partition coefficient (Wildman–Crippen LogP) is 4.22. The van der Waals surface area contributed by atoms with Crippen LogP contribution in [-0.4, -0.2) is 18.2 Å². The van der Waals surface area contributed by atoms with Crippen molar-refractivity contribution in [3.8, 4) is 11.5 Å². The molecule has 1 heterocycles. The molecule has 1 aromatic heterocycles. The monoisotopic (exact) mass is 297 g/mol. The van der Waals surface area contributed by atoms with Crippen molar-refractivity contribution in [2.75, 3.05) is 13.2 Å². The molecule has 0 N–H and O–H groups in total. The van der Waals surface area contributed by atoms with Gasteiger partial charge in [-0.05, 0) is 48.5 Å². The first kappa shape index (κ1) is 14.3. The van der Waals surface area contributed by atoms with Gasteiger partial charge in [-0.25, -0.2) is 4.39 Å². The number of rotatable bonds is 6. The number of fused-ring (bicyclic) bond motifs is 1. The summed E-state index contributed by atoms with van der Waals surface area (Å²) in [6, 6.07) is 15.7. The number of pyridine rings is 1. The van der Waals surface area contributed by atoms with E-state index in [2.05, 4.69) is 4.98 Å². The second kappa shape index (κ2) is 6.89. The van der Waals surface area contributed by atoms with Gasteiger partial charge in [-0.1, -0.05) is 6.07 Å². The molecule has 0 amide bonds. The standard InChI is InChI=1S/C18H16FNO2/c19-15-4-6-16(7-5-15)21-11-2-12-22-17-8-9-18-14(13-17)3-1-10-20-18/h1,3-10,13H,2,11-12H2. The van der Waals surface area contributed by atoms with Gasteiger partial charge < -0.3 is 9.47 Å². The van der Waals surface area contributed by atoms with Gasteiger partial charge in [0.2, 0.25) is 0 Å². The van der Waals surface area contributed by atoms with Gasteiger partial charge in [0.15, 0.2) is 0 Å². The van der Waals surface area contributed by atoms with Gasteiger partial charge in [-0.2, -0.15) is 0 Å². The maximum absolute atomic E-state index is 12.7. The summed E-state index contributed by atoms with van der Waals surface area (Å²) in [6.45, 7) is 1.09. The molecule has 0 bridgehead atoms. The van der Waals surface area contributed by atoms with Crippen LogP contribution < -0.4 is 9.47 Å². The summed E-state index contributed by atoms with van der Waals surface area (Å²) in [5.41, 5.74) is 0.953. The molecule has 112 valence electrons. The average Bonchev–Trinajstić information content (AvgIpc) is 2.56. The number of hydrogen-bond donors (Lipinski definition) is 0. The highest BCUT2D eigenvalue weighted by Gasteiger charge is 1.99. The van der Waals surface area contributed by atoms with E-state index in [9.17, 15) is 4.39 Å². The van der Waals surface area contributed by atoms with Crippen molar-refractivity contribution in [1.29, 1.82) is 0 Å². The lowest BCUT2D eigenvalue weighted by atomic mass is 10.2. The van der Waals surface area contributed by atoms with Gasteiger partial charge in [0.1, 0.15) is 17.3 Å². The third-order valence-electron chi connectivity index (χ3n) is 3.21. The molecule has 0 atom stereocenters. The average molecular weight is 297 g/mol. The number of halogens is 1. The van der Waals surface area contributed by atoms with Gasteiger partial charge in [-0.15, -0.1) is 0 Å². The van der Waals surface area contributed by atoms with E-state index in [0.717, 1.165) is 23.1 Å². The van der Waals surface area contributed by atoms with Crippen LogP contribution in [0.3, 0.4) is 0 Å². The first-order chi connectivity index (χ1) is 10.8. The van der Waals surface area contributed by atoms with Crippen LogP contribution in [0.4, 0.5) is 4.39 Å². The third kappa shape index (κ3) is 3.73. The molecular formula is C18H16FNO2. The zero-order chi connectivity index (χ0) is 15.2. The minimum absolute atomic E-state index is 0.263. The van der Waals surface area contributed by atoms with E-state index >= 15 is 0 Å². The normalized spacial score (nSPS) is 10.6. The molecule has 0 saturated carbocycles. The van der Waals surface area contributed by atoms with Crippen LogP contribution in [0.15, 0.2) is 60.8 Å². The molecule has 0 aliphatic heterocycles. The van der Waals surface area contributed by atoms with Crippen LogP contribution in [0.1, 0.15) is 6.42 Å². The van der Waals surface area contributed by atoms with Crippen molar-refractivity contribution in [2.24, 2.45) is 0 Å². The number of ether oxygens (including phenoxy) is 2. The van der Waals surface area contributed by atoms with Crippen molar-refractivity contribution < 1.29 is 13.9 Å². The largest absolute Gasteiger partial charge is 0.493 e. The van der Waals surface area contributed by atoms with Crippen molar-refractivity contribution in [2.45, 2.75) is 6.42 Å². The zero-order valence-corrected chi connectivity index (χ0v) is 12.0. The SMILES string of the molecule is Fc1ccc(OCCCOc2ccc3ncccc3c2)cc1. The van der Waals surface area contributed by atoms with Gasteiger partial charge in [-0.3, -0.25) is 4.98 Å². The minimum Gasteiger partial charge on any atom is -0.493 e. The Balaban J connectivity index is 1.45. The number of benzene rings is 2. The van der Waals surface area contributed by atoms with Gasteiger partial charge in [0, 0.05) is 18.0 Å². The first-order valence-corrected chi connectivity index (χ1v) is 7.17. The molecule has 0 saturated heterocycles. The fourth-order valence-corrected chi connectivity index (χ4v) is 2.11. The summed E-state index contributed by atoms with van der Waals surface area (Å²) < 4.78 is 24.0. The molecule has 0 aliphatic carbocycles. The summed E-state index contributed by atoms with van der Waals surface area (Å²) in [7, 11) is 0. The molecule has 2 aromatic carbocycles. The van der Waals surface area contributed by atoms with E-state index < -0.39 is 0 Å². The van der Waals surface area contributed by atoms with E-state index in [1.165, 1.54) is 12.1 Å². The van der Waals surface area contributed by atoms with Crippen LogP contribution in [0, 0.1) is 5.82 Å². The topological polar surface area (TPSA) is 31.4 Å². The Kier molecular flexibility index (Phi) is 4.49. The highest BCUT2D eigenvalue weighted by molar-refractivity contribution is 5.79. The van der Waals surface area contributed by atoms with E-state index in [0.29, 0.717) is 19.0 Å². The summed E-state index contributed by atoms with van der Waals surface area (Å²) in [6.07, 6.45) is 2.53. The third-order valence-corrected chi connectivity index (χ3v) is 3.21. The van der Waals surface area contributed by atoms with Crippen LogP contribution in [-0.2, 0) is 0 Å². The maximum atomic E-state index is 12.7. The minimum atomic E-state index is -0.263. The Morgan fingerprint density at radius 2 is 1.59 bits per heavy atom. The van der Waals surface area contributed by atoms with Gasteiger partial charge in [0.05, 0.1) is 18.7 Å². The molecule has 3 rings (SSSR count). The number of hydrogen-bond acceptors (Lipinski definition) is 3.